The third-order valence-corrected chi connectivity index (χ3v) is 3.20. The quantitative estimate of drug-likeness (QED) is 0.844. The topological polar surface area (TPSA) is 47.0 Å². The van der Waals surface area contributed by atoms with Gasteiger partial charge in [-0.2, -0.15) is 0 Å². The Morgan fingerprint density at radius 3 is 3.00 bits per heavy atom. The van der Waals surface area contributed by atoms with Crippen LogP contribution in [0.15, 0.2) is 12.4 Å². The van der Waals surface area contributed by atoms with Gasteiger partial charge >= 0.3 is 0 Å². The van der Waals surface area contributed by atoms with Crippen LogP contribution in [0.5, 0.6) is 0 Å². The smallest absolute Gasteiger partial charge is 0.134 e. The van der Waals surface area contributed by atoms with E-state index in [9.17, 15) is 0 Å². The Balaban J connectivity index is 2.05. The highest BCUT2D eigenvalue weighted by Gasteiger charge is 2.28. The Hall–Kier alpha value is -0.870. The third-order valence-electron chi connectivity index (χ3n) is 2.99. The van der Waals surface area contributed by atoms with Crippen LogP contribution < -0.4 is 5.32 Å². The van der Waals surface area contributed by atoms with Crippen molar-refractivity contribution in [1.82, 2.24) is 9.97 Å². The van der Waals surface area contributed by atoms with Crippen LogP contribution in [0.25, 0.3) is 0 Å². The van der Waals surface area contributed by atoms with Gasteiger partial charge in [0.15, 0.2) is 0 Å². The van der Waals surface area contributed by atoms with Gasteiger partial charge in [-0.05, 0) is 18.8 Å². The van der Waals surface area contributed by atoms with Gasteiger partial charge in [-0.25, -0.2) is 9.97 Å². The van der Waals surface area contributed by atoms with E-state index < -0.39 is 0 Å². The lowest BCUT2D eigenvalue weighted by atomic mass is 9.94. The number of hydrogen-bond acceptors (Lipinski definition) is 4. The highest BCUT2D eigenvalue weighted by molar-refractivity contribution is 6.29. The first-order valence-corrected chi connectivity index (χ1v) is 6.40. The molecule has 1 saturated heterocycles. The lowest BCUT2D eigenvalue weighted by Crippen LogP contribution is -2.43. The summed E-state index contributed by atoms with van der Waals surface area (Å²) in [5.41, 5.74) is 0. The highest BCUT2D eigenvalue weighted by atomic mass is 35.5. The number of hydrogen-bond donors (Lipinski definition) is 1. The number of rotatable bonds is 3. The molecular formula is C12H18ClN3O. The van der Waals surface area contributed by atoms with Crippen LogP contribution in [-0.4, -0.2) is 28.7 Å². The minimum atomic E-state index is 0.234. The lowest BCUT2D eigenvalue weighted by molar-refractivity contribution is -0.0203. The Morgan fingerprint density at radius 2 is 2.29 bits per heavy atom. The van der Waals surface area contributed by atoms with Gasteiger partial charge in [0.25, 0.3) is 0 Å². The summed E-state index contributed by atoms with van der Waals surface area (Å²) in [6, 6.07) is 2.04. The van der Waals surface area contributed by atoms with Crippen molar-refractivity contribution in [3.05, 3.63) is 17.5 Å². The van der Waals surface area contributed by atoms with Crippen molar-refractivity contribution in [2.45, 2.75) is 38.8 Å². The molecule has 1 aliphatic rings. The van der Waals surface area contributed by atoms with Gasteiger partial charge in [-0.3, -0.25) is 0 Å². The molecule has 94 valence electrons. The maximum Gasteiger partial charge on any atom is 0.134 e. The van der Waals surface area contributed by atoms with Gasteiger partial charge < -0.3 is 10.1 Å². The molecule has 2 atom stereocenters. The largest absolute Gasteiger partial charge is 0.376 e. The predicted octanol–water partition coefficient (Wildman–Crippen LogP) is 2.75. The summed E-state index contributed by atoms with van der Waals surface area (Å²) in [6.45, 7) is 5.21. The maximum absolute atomic E-state index is 5.84. The number of nitrogens with one attached hydrogen (secondary N) is 1. The number of anilines is 1. The normalized spacial score (nSPS) is 24.9. The highest BCUT2D eigenvalue weighted by Crippen LogP contribution is 2.23. The Kier molecular flexibility index (Phi) is 4.18. The van der Waals surface area contributed by atoms with Crippen molar-refractivity contribution in [3.8, 4) is 0 Å². The molecule has 0 aliphatic carbocycles. The van der Waals surface area contributed by atoms with Gasteiger partial charge in [0.1, 0.15) is 17.3 Å². The van der Waals surface area contributed by atoms with E-state index in [0.717, 1.165) is 25.3 Å². The second-order valence-corrected chi connectivity index (χ2v) is 5.09. The van der Waals surface area contributed by atoms with Gasteiger partial charge in [0, 0.05) is 12.7 Å². The van der Waals surface area contributed by atoms with Gasteiger partial charge in [-0.1, -0.05) is 25.4 Å². The molecule has 1 N–H and O–H groups in total. The molecular weight excluding hydrogens is 238 g/mol. The van der Waals surface area contributed by atoms with E-state index >= 15 is 0 Å². The van der Waals surface area contributed by atoms with E-state index in [4.69, 9.17) is 16.3 Å². The zero-order chi connectivity index (χ0) is 12.3. The van der Waals surface area contributed by atoms with E-state index in [1.54, 1.807) is 6.07 Å². The van der Waals surface area contributed by atoms with Crippen LogP contribution >= 0.6 is 11.6 Å². The number of ether oxygens (including phenoxy) is 1. The monoisotopic (exact) mass is 255 g/mol. The van der Waals surface area contributed by atoms with Crippen molar-refractivity contribution in [2.75, 3.05) is 11.9 Å². The van der Waals surface area contributed by atoms with Crippen LogP contribution in [0.2, 0.25) is 5.15 Å². The molecule has 5 heteroatoms. The van der Waals surface area contributed by atoms with Crippen molar-refractivity contribution in [1.29, 1.82) is 0 Å². The molecule has 1 aromatic rings. The minimum Gasteiger partial charge on any atom is -0.376 e. The molecule has 0 amide bonds. The summed E-state index contributed by atoms with van der Waals surface area (Å²) in [5.74, 6) is 1.26. The average molecular weight is 256 g/mol. The van der Waals surface area contributed by atoms with Crippen LogP contribution in [-0.2, 0) is 4.74 Å². The number of aromatic nitrogens is 2. The van der Waals surface area contributed by atoms with E-state index in [0.29, 0.717) is 17.1 Å². The Bertz CT molecular complexity index is 373. The molecule has 17 heavy (non-hydrogen) atoms. The summed E-state index contributed by atoms with van der Waals surface area (Å²) in [6.07, 6.45) is 3.89. The van der Waals surface area contributed by atoms with Crippen molar-refractivity contribution in [3.63, 3.8) is 0 Å². The molecule has 0 saturated carbocycles. The molecule has 1 fully saturated rings. The van der Waals surface area contributed by atoms with Crippen LogP contribution in [0.1, 0.15) is 26.7 Å². The predicted molar refractivity (Wildman–Crippen MR) is 68.3 cm³/mol. The summed E-state index contributed by atoms with van der Waals surface area (Å²) in [4.78, 5) is 8.04. The summed E-state index contributed by atoms with van der Waals surface area (Å²) in [7, 11) is 0. The zero-order valence-corrected chi connectivity index (χ0v) is 10.9. The van der Waals surface area contributed by atoms with Crippen molar-refractivity contribution < 1.29 is 4.74 Å². The standard InChI is InChI=1S/C12H18ClN3O/c1-8(2)12-9(4-3-5-17-12)16-11-6-10(13)14-7-15-11/h6-9,12H,3-5H2,1-2H3,(H,14,15,16)/t9-,12+/m0/s1. The van der Waals surface area contributed by atoms with Crippen molar-refractivity contribution in [2.24, 2.45) is 5.92 Å². The first-order chi connectivity index (χ1) is 8.16. The molecule has 0 bridgehead atoms. The SMILES string of the molecule is CC(C)[C@H]1OCCC[C@@H]1Nc1cc(Cl)ncn1. The summed E-state index contributed by atoms with van der Waals surface area (Å²) in [5, 5.41) is 3.85. The van der Waals surface area contributed by atoms with Crippen LogP contribution in [0.4, 0.5) is 5.82 Å². The molecule has 2 rings (SSSR count). The van der Waals surface area contributed by atoms with Crippen molar-refractivity contribution >= 4 is 17.4 Å². The van der Waals surface area contributed by atoms with Crippen LogP contribution in [0, 0.1) is 5.92 Å². The third kappa shape index (κ3) is 3.30. The summed E-state index contributed by atoms with van der Waals surface area (Å²) >= 11 is 5.84. The number of halogens is 1. The van der Waals surface area contributed by atoms with Gasteiger partial charge in [0.05, 0.1) is 12.1 Å². The molecule has 2 heterocycles. The van der Waals surface area contributed by atoms with E-state index in [-0.39, 0.29) is 6.10 Å². The fraction of sp³-hybridized carbons (Fsp3) is 0.667. The molecule has 4 nitrogen and oxygen atoms in total. The van der Waals surface area contributed by atoms with Gasteiger partial charge in [-0.15, -0.1) is 0 Å². The molecule has 0 radical (unpaired) electrons. The Morgan fingerprint density at radius 1 is 1.47 bits per heavy atom. The second kappa shape index (κ2) is 5.65. The molecule has 1 aliphatic heterocycles. The first-order valence-electron chi connectivity index (χ1n) is 6.02. The second-order valence-electron chi connectivity index (χ2n) is 4.70. The van der Waals surface area contributed by atoms with E-state index in [1.165, 1.54) is 6.33 Å². The number of nitrogens with zero attached hydrogens (tertiary/aromatic N) is 2. The van der Waals surface area contributed by atoms with E-state index in [1.807, 2.05) is 0 Å². The average Bonchev–Trinajstić information content (AvgIpc) is 2.29. The molecule has 0 aromatic carbocycles. The molecule has 1 aromatic heterocycles. The minimum absolute atomic E-state index is 0.234. The summed E-state index contributed by atoms with van der Waals surface area (Å²) < 4.78 is 5.82. The first kappa shape index (κ1) is 12.6. The van der Waals surface area contributed by atoms with Gasteiger partial charge in [0.2, 0.25) is 0 Å². The Labute approximate surface area is 107 Å². The fourth-order valence-electron chi connectivity index (χ4n) is 2.22. The van der Waals surface area contributed by atoms with Crippen LogP contribution in [0.3, 0.4) is 0 Å². The lowest BCUT2D eigenvalue weighted by Gasteiger charge is -2.35. The zero-order valence-electron chi connectivity index (χ0n) is 10.2. The molecule has 0 spiro atoms. The maximum atomic E-state index is 5.84. The van der Waals surface area contributed by atoms with E-state index in [2.05, 4.69) is 29.1 Å². The fourth-order valence-corrected chi connectivity index (χ4v) is 2.36. The molecule has 0 unspecified atom stereocenters.